The second kappa shape index (κ2) is 6.62. The highest BCUT2D eigenvalue weighted by atomic mass is 32.2. The maximum absolute atomic E-state index is 12.3. The molecule has 26 heavy (non-hydrogen) atoms. The number of anilines is 1. The quantitative estimate of drug-likeness (QED) is 0.715. The van der Waals surface area contributed by atoms with E-state index in [0.29, 0.717) is 16.8 Å². The van der Waals surface area contributed by atoms with Gasteiger partial charge in [0, 0.05) is 17.8 Å². The molecule has 0 radical (unpaired) electrons. The van der Waals surface area contributed by atoms with Crippen molar-refractivity contribution in [3.05, 3.63) is 64.5 Å². The molecule has 3 aromatic rings. The van der Waals surface area contributed by atoms with Crippen LogP contribution < -0.4 is 20.6 Å². The van der Waals surface area contributed by atoms with E-state index in [1.807, 2.05) is 0 Å². The van der Waals surface area contributed by atoms with Crippen LogP contribution in [0.2, 0.25) is 0 Å². The molecule has 1 amide bonds. The van der Waals surface area contributed by atoms with Gasteiger partial charge in [-0.3, -0.25) is 9.59 Å². The number of amides is 1. The van der Waals surface area contributed by atoms with Crippen LogP contribution in [0, 0.1) is 0 Å². The molecule has 2 aromatic carbocycles. The number of nitrogens with one attached hydrogen (secondary N) is 1. The van der Waals surface area contributed by atoms with Crippen molar-refractivity contribution in [2.75, 3.05) is 12.4 Å². The van der Waals surface area contributed by atoms with Crippen molar-refractivity contribution >= 4 is 32.6 Å². The number of nitrogens with two attached hydrogens (primary N) is 1. The van der Waals surface area contributed by atoms with E-state index in [-0.39, 0.29) is 21.7 Å². The Morgan fingerprint density at radius 2 is 1.81 bits per heavy atom. The van der Waals surface area contributed by atoms with Gasteiger partial charge in [0.25, 0.3) is 5.91 Å². The van der Waals surface area contributed by atoms with Crippen LogP contribution in [0.1, 0.15) is 10.6 Å². The highest BCUT2D eigenvalue weighted by Crippen LogP contribution is 2.20. The minimum Gasteiger partial charge on any atom is -0.497 e. The number of methoxy groups -OCH3 is 1. The Hall–Kier alpha value is -3.17. The van der Waals surface area contributed by atoms with E-state index >= 15 is 0 Å². The van der Waals surface area contributed by atoms with E-state index in [9.17, 15) is 18.0 Å². The highest BCUT2D eigenvalue weighted by Gasteiger charge is 2.14. The van der Waals surface area contributed by atoms with Gasteiger partial charge in [-0.25, -0.2) is 13.6 Å². The topological polar surface area (TPSA) is 129 Å². The molecule has 0 saturated heterocycles. The number of fused-ring (bicyclic) bond motifs is 1. The third-order valence-corrected chi connectivity index (χ3v) is 4.53. The molecule has 3 N–H and O–H groups in total. The lowest BCUT2D eigenvalue weighted by Gasteiger charge is -2.07. The van der Waals surface area contributed by atoms with Crippen LogP contribution in [-0.2, 0) is 10.0 Å². The maximum Gasteiger partial charge on any atom is 0.291 e. The lowest BCUT2D eigenvalue weighted by Crippen LogP contribution is -2.15. The van der Waals surface area contributed by atoms with Crippen LogP contribution in [-0.4, -0.2) is 21.4 Å². The van der Waals surface area contributed by atoms with Crippen LogP contribution in [0.5, 0.6) is 5.75 Å². The van der Waals surface area contributed by atoms with E-state index in [2.05, 4.69) is 5.32 Å². The Balaban J connectivity index is 1.91. The number of sulfonamides is 1. The fourth-order valence-corrected chi connectivity index (χ4v) is 2.81. The standard InChI is InChI=1S/C17H14N2O6S/c1-24-11-4-7-13-14(20)9-16(25-15(13)8-11)17(21)19-10-2-5-12(6-3-10)26(18,22)23/h2-9H,1H3,(H,19,21)(H2,18,22,23). The number of primary sulfonamides is 1. The number of carbonyl (C=O) groups is 1. The van der Waals surface area contributed by atoms with Crippen LogP contribution in [0.3, 0.4) is 0 Å². The number of hydrogen-bond acceptors (Lipinski definition) is 6. The van der Waals surface area contributed by atoms with Gasteiger partial charge in [-0.2, -0.15) is 0 Å². The van der Waals surface area contributed by atoms with E-state index in [0.717, 1.165) is 6.07 Å². The van der Waals surface area contributed by atoms with Gasteiger partial charge in [0.15, 0.2) is 11.2 Å². The van der Waals surface area contributed by atoms with Crippen LogP contribution in [0.4, 0.5) is 5.69 Å². The molecule has 0 aliphatic heterocycles. The lowest BCUT2D eigenvalue weighted by atomic mass is 10.2. The largest absolute Gasteiger partial charge is 0.497 e. The molecule has 134 valence electrons. The first-order valence-corrected chi connectivity index (χ1v) is 8.89. The van der Waals surface area contributed by atoms with Gasteiger partial charge in [-0.15, -0.1) is 0 Å². The van der Waals surface area contributed by atoms with Crippen molar-refractivity contribution in [2.24, 2.45) is 5.14 Å². The third-order valence-electron chi connectivity index (χ3n) is 3.60. The summed E-state index contributed by atoms with van der Waals surface area (Å²) in [6.07, 6.45) is 0. The van der Waals surface area contributed by atoms with Crippen molar-refractivity contribution in [3.8, 4) is 5.75 Å². The van der Waals surface area contributed by atoms with Crippen molar-refractivity contribution < 1.29 is 22.4 Å². The summed E-state index contributed by atoms with van der Waals surface area (Å²) in [5.41, 5.74) is 0.158. The average molecular weight is 374 g/mol. The Bertz CT molecular complexity index is 1150. The minimum absolute atomic E-state index is 0.0835. The number of rotatable bonds is 4. The highest BCUT2D eigenvalue weighted by molar-refractivity contribution is 7.89. The molecule has 0 aliphatic rings. The Morgan fingerprint density at radius 3 is 2.42 bits per heavy atom. The number of hydrogen-bond donors (Lipinski definition) is 2. The van der Waals surface area contributed by atoms with Crippen molar-refractivity contribution in [1.82, 2.24) is 0 Å². The number of carbonyl (C=O) groups excluding carboxylic acids is 1. The molecular weight excluding hydrogens is 360 g/mol. The van der Waals surface area contributed by atoms with Crippen molar-refractivity contribution in [2.45, 2.75) is 4.90 Å². The summed E-state index contributed by atoms with van der Waals surface area (Å²) in [6, 6.07) is 11.0. The monoisotopic (exact) mass is 374 g/mol. The first-order valence-electron chi connectivity index (χ1n) is 7.34. The Labute approximate surface area is 148 Å². The predicted octanol–water partition coefficient (Wildman–Crippen LogP) is 1.70. The number of benzene rings is 2. The van der Waals surface area contributed by atoms with Gasteiger partial charge in [-0.1, -0.05) is 0 Å². The third kappa shape index (κ3) is 3.58. The van der Waals surface area contributed by atoms with E-state index < -0.39 is 15.9 Å². The van der Waals surface area contributed by atoms with E-state index in [1.54, 1.807) is 12.1 Å². The molecule has 9 heteroatoms. The summed E-state index contributed by atoms with van der Waals surface area (Å²) in [5, 5.41) is 7.86. The molecular formula is C17H14N2O6S. The average Bonchev–Trinajstić information content (AvgIpc) is 2.60. The van der Waals surface area contributed by atoms with Gasteiger partial charge in [-0.05, 0) is 36.4 Å². The molecule has 1 aromatic heterocycles. The molecule has 0 unspecified atom stereocenters. The maximum atomic E-state index is 12.3. The van der Waals surface area contributed by atoms with Gasteiger partial charge < -0.3 is 14.5 Å². The zero-order valence-corrected chi connectivity index (χ0v) is 14.4. The summed E-state index contributed by atoms with van der Waals surface area (Å²) in [7, 11) is -2.35. The van der Waals surface area contributed by atoms with Crippen molar-refractivity contribution in [1.29, 1.82) is 0 Å². The summed E-state index contributed by atoms with van der Waals surface area (Å²) in [5.74, 6) is -0.363. The lowest BCUT2D eigenvalue weighted by molar-refractivity contribution is 0.0997. The first-order chi connectivity index (χ1) is 12.3. The number of ether oxygens (including phenoxy) is 1. The van der Waals surface area contributed by atoms with Gasteiger partial charge in [0.2, 0.25) is 10.0 Å². The summed E-state index contributed by atoms with van der Waals surface area (Å²) < 4.78 is 33.0. The normalized spacial score (nSPS) is 11.3. The van der Waals surface area contributed by atoms with Gasteiger partial charge in [0.05, 0.1) is 17.4 Å². The second-order valence-corrected chi connectivity index (χ2v) is 6.92. The summed E-state index contributed by atoms with van der Waals surface area (Å²) in [6.45, 7) is 0. The molecule has 0 spiro atoms. The fourth-order valence-electron chi connectivity index (χ4n) is 2.29. The zero-order valence-electron chi connectivity index (χ0n) is 13.6. The summed E-state index contributed by atoms with van der Waals surface area (Å²) >= 11 is 0. The van der Waals surface area contributed by atoms with Crippen LogP contribution in [0.15, 0.2) is 62.6 Å². The SMILES string of the molecule is COc1ccc2c(=O)cc(C(=O)Nc3ccc(S(N)(=O)=O)cc3)oc2c1. The molecule has 3 rings (SSSR count). The molecule has 0 fully saturated rings. The Kier molecular flexibility index (Phi) is 4.49. The van der Waals surface area contributed by atoms with Crippen molar-refractivity contribution in [3.63, 3.8) is 0 Å². The summed E-state index contributed by atoms with van der Waals surface area (Å²) in [4.78, 5) is 24.4. The molecule has 1 heterocycles. The predicted molar refractivity (Wildman–Crippen MR) is 94.8 cm³/mol. The van der Waals surface area contributed by atoms with Gasteiger partial charge in [0.1, 0.15) is 11.3 Å². The fraction of sp³-hybridized carbons (Fsp3) is 0.0588. The van der Waals surface area contributed by atoms with Crippen LogP contribution >= 0.6 is 0 Å². The minimum atomic E-state index is -3.82. The zero-order chi connectivity index (χ0) is 18.9. The molecule has 0 bridgehead atoms. The molecule has 8 nitrogen and oxygen atoms in total. The van der Waals surface area contributed by atoms with E-state index in [1.165, 1.54) is 37.4 Å². The molecule has 0 atom stereocenters. The Morgan fingerprint density at radius 1 is 1.12 bits per heavy atom. The molecule has 0 aliphatic carbocycles. The molecule has 0 saturated carbocycles. The second-order valence-electron chi connectivity index (χ2n) is 5.36. The van der Waals surface area contributed by atoms with Gasteiger partial charge >= 0.3 is 0 Å². The first kappa shape index (κ1) is 17.6. The smallest absolute Gasteiger partial charge is 0.291 e. The van der Waals surface area contributed by atoms with Crippen LogP contribution in [0.25, 0.3) is 11.0 Å². The van der Waals surface area contributed by atoms with E-state index in [4.69, 9.17) is 14.3 Å².